The van der Waals surface area contributed by atoms with Gasteiger partial charge in [-0.3, -0.25) is 4.90 Å². The summed E-state index contributed by atoms with van der Waals surface area (Å²) in [5, 5.41) is 0. The molecule has 0 aromatic heterocycles. The third kappa shape index (κ3) is 3.98. The molecule has 1 aromatic carbocycles. The molecule has 1 aliphatic rings. The minimum Gasteiger partial charge on any atom is -0.330 e. The molecule has 0 aliphatic carbocycles. The first-order valence-corrected chi connectivity index (χ1v) is 8.55. The molecule has 1 heterocycles. The first kappa shape index (κ1) is 14.9. The molecule has 0 radical (unpaired) electrons. The first-order chi connectivity index (χ1) is 9.24. The van der Waals surface area contributed by atoms with E-state index in [9.17, 15) is 0 Å². The van der Waals surface area contributed by atoms with Crippen LogP contribution in [-0.4, -0.2) is 30.8 Å². The molecule has 106 valence electrons. The van der Waals surface area contributed by atoms with Crippen LogP contribution >= 0.6 is 11.8 Å². The number of nitrogens with two attached hydrogens (primary N) is 1. The van der Waals surface area contributed by atoms with E-state index >= 15 is 0 Å². The standard InChI is InChI=1S/C16H26N2S/c1-13(15-3-5-16(19-2)6-4-15)18-11-8-14(7-10-17)9-12-18/h3-6,13-14H,7-12,17H2,1-2H3. The SMILES string of the molecule is CSc1ccc(C(C)N2CCC(CCN)CC2)cc1. The summed E-state index contributed by atoms with van der Waals surface area (Å²) in [5.41, 5.74) is 7.10. The summed E-state index contributed by atoms with van der Waals surface area (Å²) in [6.45, 7) is 5.61. The van der Waals surface area contributed by atoms with Crippen LogP contribution in [0.2, 0.25) is 0 Å². The molecule has 0 saturated carbocycles. The molecule has 2 N–H and O–H groups in total. The maximum atomic E-state index is 5.66. The van der Waals surface area contributed by atoms with Gasteiger partial charge < -0.3 is 5.73 Å². The average Bonchev–Trinajstić information content (AvgIpc) is 2.48. The quantitative estimate of drug-likeness (QED) is 0.836. The molecule has 19 heavy (non-hydrogen) atoms. The van der Waals surface area contributed by atoms with Gasteiger partial charge in [0, 0.05) is 10.9 Å². The zero-order chi connectivity index (χ0) is 13.7. The Labute approximate surface area is 121 Å². The molecule has 3 heteroatoms. The fourth-order valence-corrected chi connectivity index (χ4v) is 3.37. The molecular formula is C16H26N2S. The number of thioether (sulfide) groups is 1. The van der Waals surface area contributed by atoms with Crippen LogP contribution in [0.4, 0.5) is 0 Å². The zero-order valence-corrected chi connectivity index (χ0v) is 13.0. The van der Waals surface area contributed by atoms with E-state index in [0.29, 0.717) is 6.04 Å². The van der Waals surface area contributed by atoms with Crippen LogP contribution in [0.15, 0.2) is 29.2 Å². The summed E-state index contributed by atoms with van der Waals surface area (Å²) in [6.07, 6.45) is 5.94. The van der Waals surface area contributed by atoms with Gasteiger partial charge in [-0.15, -0.1) is 11.8 Å². The number of hydrogen-bond acceptors (Lipinski definition) is 3. The Bertz CT molecular complexity index is 369. The van der Waals surface area contributed by atoms with Crippen LogP contribution in [0, 0.1) is 5.92 Å². The fraction of sp³-hybridized carbons (Fsp3) is 0.625. The molecule has 0 spiro atoms. The van der Waals surface area contributed by atoms with Gasteiger partial charge >= 0.3 is 0 Å². The highest BCUT2D eigenvalue weighted by atomic mass is 32.2. The Morgan fingerprint density at radius 1 is 1.26 bits per heavy atom. The highest BCUT2D eigenvalue weighted by Crippen LogP contribution is 2.28. The Balaban J connectivity index is 1.91. The maximum Gasteiger partial charge on any atom is 0.0319 e. The van der Waals surface area contributed by atoms with Crippen molar-refractivity contribution in [3.8, 4) is 0 Å². The Hall–Kier alpha value is -0.510. The van der Waals surface area contributed by atoms with Gasteiger partial charge in [-0.1, -0.05) is 12.1 Å². The van der Waals surface area contributed by atoms with Gasteiger partial charge in [0.1, 0.15) is 0 Å². The van der Waals surface area contributed by atoms with Crippen LogP contribution < -0.4 is 5.73 Å². The Morgan fingerprint density at radius 2 is 1.89 bits per heavy atom. The molecular weight excluding hydrogens is 252 g/mol. The van der Waals surface area contributed by atoms with Crippen molar-refractivity contribution in [1.82, 2.24) is 4.90 Å². The van der Waals surface area contributed by atoms with Crippen LogP contribution in [0.5, 0.6) is 0 Å². The number of likely N-dealkylation sites (tertiary alicyclic amines) is 1. The molecule has 1 saturated heterocycles. The highest BCUT2D eigenvalue weighted by Gasteiger charge is 2.22. The summed E-state index contributed by atoms with van der Waals surface area (Å²) in [7, 11) is 0. The smallest absolute Gasteiger partial charge is 0.0319 e. The lowest BCUT2D eigenvalue weighted by atomic mass is 9.92. The van der Waals surface area contributed by atoms with E-state index in [0.717, 1.165) is 12.5 Å². The lowest BCUT2D eigenvalue weighted by Gasteiger charge is -2.36. The third-order valence-electron chi connectivity index (χ3n) is 4.37. The minimum atomic E-state index is 0.537. The van der Waals surface area contributed by atoms with Crippen molar-refractivity contribution in [3.63, 3.8) is 0 Å². The summed E-state index contributed by atoms with van der Waals surface area (Å²) in [4.78, 5) is 3.96. The molecule has 2 rings (SSSR count). The highest BCUT2D eigenvalue weighted by molar-refractivity contribution is 7.98. The van der Waals surface area contributed by atoms with E-state index in [-0.39, 0.29) is 0 Å². The van der Waals surface area contributed by atoms with Gasteiger partial charge in [-0.2, -0.15) is 0 Å². The van der Waals surface area contributed by atoms with Crippen LogP contribution in [-0.2, 0) is 0 Å². The number of benzene rings is 1. The van der Waals surface area contributed by atoms with Gasteiger partial charge in [0.15, 0.2) is 0 Å². The number of piperidine rings is 1. The Kier molecular flexibility index (Phi) is 5.74. The maximum absolute atomic E-state index is 5.66. The fourth-order valence-electron chi connectivity index (χ4n) is 2.96. The monoisotopic (exact) mass is 278 g/mol. The Morgan fingerprint density at radius 3 is 2.42 bits per heavy atom. The lowest BCUT2D eigenvalue weighted by Crippen LogP contribution is -2.36. The summed E-state index contributed by atoms with van der Waals surface area (Å²) < 4.78 is 0. The molecule has 0 bridgehead atoms. The first-order valence-electron chi connectivity index (χ1n) is 7.32. The van der Waals surface area contributed by atoms with Crippen LogP contribution in [0.1, 0.15) is 37.8 Å². The van der Waals surface area contributed by atoms with Crippen LogP contribution in [0.25, 0.3) is 0 Å². The van der Waals surface area contributed by atoms with Crippen molar-refractivity contribution < 1.29 is 0 Å². The molecule has 1 unspecified atom stereocenters. The number of nitrogens with zero attached hydrogens (tertiary/aromatic N) is 1. The predicted molar refractivity (Wildman–Crippen MR) is 84.6 cm³/mol. The van der Waals surface area contributed by atoms with Crippen molar-refractivity contribution in [2.75, 3.05) is 25.9 Å². The molecule has 1 aromatic rings. The zero-order valence-electron chi connectivity index (χ0n) is 12.1. The average molecular weight is 278 g/mol. The summed E-state index contributed by atoms with van der Waals surface area (Å²) in [6, 6.07) is 9.56. The van der Waals surface area contributed by atoms with E-state index in [4.69, 9.17) is 5.73 Å². The second kappa shape index (κ2) is 7.32. The van der Waals surface area contributed by atoms with Crippen LogP contribution in [0.3, 0.4) is 0 Å². The molecule has 2 nitrogen and oxygen atoms in total. The second-order valence-electron chi connectivity index (χ2n) is 5.51. The van der Waals surface area contributed by atoms with Crippen molar-refractivity contribution >= 4 is 11.8 Å². The van der Waals surface area contributed by atoms with E-state index in [1.807, 2.05) is 0 Å². The number of rotatable bonds is 5. The van der Waals surface area contributed by atoms with E-state index in [1.54, 1.807) is 11.8 Å². The molecule has 1 fully saturated rings. The van der Waals surface area contributed by atoms with E-state index < -0.39 is 0 Å². The molecule has 1 aliphatic heterocycles. The number of hydrogen-bond donors (Lipinski definition) is 1. The topological polar surface area (TPSA) is 29.3 Å². The predicted octanol–water partition coefficient (Wildman–Crippen LogP) is 3.53. The third-order valence-corrected chi connectivity index (χ3v) is 5.11. The van der Waals surface area contributed by atoms with Gasteiger partial charge in [0.2, 0.25) is 0 Å². The molecule has 1 atom stereocenters. The van der Waals surface area contributed by atoms with Crippen molar-refractivity contribution in [2.45, 2.75) is 37.1 Å². The lowest BCUT2D eigenvalue weighted by molar-refractivity contribution is 0.138. The van der Waals surface area contributed by atoms with Crippen molar-refractivity contribution in [2.24, 2.45) is 11.7 Å². The van der Waals surface area contributed by atoms with Gasteiger partial charge in [0.25, 0.3) is 0 Å². The summed E-state index contributed by atoms with van der Waals surface area (Å²) in [5.74, 6) is 0.854. The normalized spacial score (nSPS) is 19.5. The van der Waals surface area contributed by atoms with Gasteiger partial charge in [0.05, 0.1) is 0 Å². The minimum absolute atomic E-state index is 0.537. The molecule has 0 amide bonds. The van der Waals surface area contributed by atoms with Gasteiger partial charge in [-0.05, 0) is 75.7 Å². The van der Waals surface area contributed by atoms with Crippen molar-refractivity contribution in [3.05, 3.63) is 29.8 Å². The van der Waals surface area contributed by atoms with Gasteiger partial charge in [-0.25, -0.2) is 0 Å². The second-order valence-corrected chi connectivity index (χ2v) is 6.39. The van der Waals surface area contributed by atoms with Crippen molar-refractivity contribution in [1.29, 1.82) is 0 Å². The summed E-state index contributed by atoms with van der Waals surface area (Å²) >= 11 is 1.81. The van der Waals surface area contributed by atoms with E-state index in [2.05, 4.69) is 42.3 Å². The van der Waals surface area contributed by atoms with E-state index in [1.165, 1.54) is 42.8 Å². The largest absolute Gasteiger partial charge is 0.330 e.